The summed E-state index contributed by atoms with van der Waals surface area (Å²) in [5.74, 6) is 0.211. The molecular formula is C12H12ClFN2O. The summed E-state index contributed by atoms with van der Waals surface area (Å²) in [7, 11) is 0. The lowest BCUT2D eigenvalue weighted by atomic mass is 10.2. The van der Waals surface area contributed by atoms with E-state index in [1.54, 1.807) is 6.07 Å². The number of halogens is 2. The zero-order valence-electron chi connectivity index (χ0n) is 9.34. The van der Waals surface area contributed by atoms with E-state index in [4.69, 9.17) is 16.3 Å². The van der Waals surface area contributed by atoms with Crippen molar-refractivity contribution >= 4 is 22.6 Å². The van der Waals surface area contributed by atoms with Gasteiger partial charge in [-0.25, -0.2) is 9.37 Å². The van der Waals surface area contributed by atoms with E-state index in [9.17, 15) is 4.39 Å². The largest absolute Gasteiger partial charge is 0.367 e. The molecule has 2 unspecified atom stereocenters. The van der Waals surface area contributed by atoms with Crippen molar-refractivity contribution in [1.82, 2.24) is 9.97 Å². The van der Waals surface area contributed by atoms with E-state index in [-0.39, 0.29) is 22.7 Å². The quantitative estimate of drug-likeness (QED) is 0.844. The predicted molar refractivity (Wildman–Crippen MR) is 63.6 cm³/mol. The molecule has 0 spiro atoms. The third-order valence-corrected chi connectivity index (χ3v) is 3.39. The number of nitrogens with one attached hydrogen (secondary N) is 1. The van der Waals surface area contributed by atoms with Crippen LogP contribution in [0.15, 0.2) is 12.1 Å². The van der Waals surface area contributed by atoms with Gasteiger partial charge < -0.3 is 9.72 Å². The number of H-pyrrole nitrogens is 1. The van der Waals surface area contributed by atoms with Gasteiger partial charge in [0, 0.05) is 0 Å². The van der Waals surface area contributed by atoms with Crippen LogP contribution in [-0.2, 0) is 4.74 Å². The Balaban J connectivity index is 2.05. The second-order valence-corrected chi connectivity index (χ2v) is 4.80. The van der Waals surface area contributed by atoms with Crippen molar-refractivity contribution in [2.45, 2.75) is 32.0 Å². The first-order valence-electron chi connectivity index (χ1n) is 5.64. The summed E-state index contributed by atoms with van der Waals surface area (Å²) in [6.07, 6.45) is 2.10. The molecule has 1 aliphatic rings. The zero-order chi connectivity index (χ0) is 12.0. The number of aromatic amines is 1. The van der Waals surface area contributed by atoms with Crippen LogP contribution in [0.3, 0.4) is 0 Å². The van der Waals surface area contributed by atoms with Gasteiger partial charge in [0.1, 0.15) is 17.4 Å². The van der Waals surface area contributed by atoms with Crippen LogP contribution in [0.4, 0.5) is 4.39 Å². The van der Waals surface area contributed by atoms with Crippen molar-refractivity contribution in [2.24, 2.45) is 0 Å². The van der Waals surface area contributed by atoms with E-state index >= 15 is 0 Å². The normalized spacial score (nSPS) is 24.6. The van der Waals surface area contributed by atoms with Gasteiger partial charge in [-0.2, -0.15) is 0 Å². The van der Waals surface area contributed by atoms with Gasteiger partial charge in [-0.1, -0.05) is 11.6 Å². The van der Waals surface area contributed by atoms with Crippen LogP contribution in [0.1, 0.15) is 31.7 Å². The Morgan fingerprint density at radius 3 is 3.00 bits per heavy atom. The maximum atomic E-state index is 13.7. The van der Waals surface area contributed by atoms with E-state index in [2.05, 4.69) is 9.97 Å². The fourth-order valence-corrected chi connectivity index (χ4v) is 2.35. The molecule has 2 heterocycles. The molecule has 0 saturated carbocycles. The molecule has 90 valence electrons. The molecule has 17 heavy (non-hydrogen) atoms. The Morgan fingerprint density at radius 1 is 1.47 bits per heavy atom. The molecule has 1 saturated heterocycles. The second-order valence-electron chi connectivity index (χ2n) is 4.39. The maximum absolute atomic E-state index is 13.7. The highest BCUT2D eigenvalue weighted by molar-refractivity contribution is 6.31. The van der Waals surface area contributed by atoms with Crippen LogP contribution in [-0.4, -0.2) is 16.1 Å². The first-order chi connectivity index (χ1) is 8.15. The molecule has 1 aromatic carbocycles. The van der Waals surface area contributed by atoms with Crippen molar-refractivity contribution in [3.8, 4) is 0 Å². The summed E-state index contributed by atoms with van der Waals surface area (Å²) in [6.45, 7) is 2.03. The lowest BCUT2D eigenvalue weighted by Crippen LogP contribution is -2.02. The lowest BCUT2D eigenvalue weighted by molar-refractivity contribution is 0.0510. The Morgan fingerprint density at radius 2 is 2.29 bits per heavy atom. The molecule has 3 rings (SSSR count). The summed E-state index contributed by atoms with van der Waals surface area (Å²) in [5.41, 5.74) is 0.945. The molecule has 1 N–H and O–H groups in total. The molecule has 1 aliphatic heterocycles. The second kappa shape index (κ2) is 3.96. The van der Waals surface area contributed by atoms with E-state index in [1.807, 2.05) is 6.92 Å². The minimum Gasteiger partial charge on any atom is -0.367 e. The van der Waals surface area contributed by atoms with Gasteiger partial charge in [0.05, 0.1) is 16.6 Å². The molecule has 0 bridgehead atoms. The number of hydrogen-bond acceptors (Lipinski definition) is 2. The third-order valence-electron chi connectivity index (χ3n) is 3.10. The Bertz CT molecular complexity index is 569. The molecule has 2 atom stereocenters. The molecule has 0 aliphatic carbocycles. The summed E-state index contributed by atoms with van der Waals surface area (Å²) < 4.78 is 19.4. The number of nitrogens with zero attached hydrogens (tertiary/aromatic N) is 1. The predicted octanol–water partition coefficient (Wildman–Crippen LogP) is 3.60. The molecule has 0 radical (unpaired) electrons. The Labute approximate surface area is 103 Å². The number of aromatic nitrogens is 2. The number of fused-ring (bicyclic) bond motifs is 1. The number of imidazole rings is 1. The van der Waals surface area contributed by atoms with Crippen molar-refractivity contribution in [3.05, 3.63) is 28.8 Å². The SMILES string of the molecule is CC1CCC(c2nc3c(F)c(Cl)ccc3[nH]2)O1. The third kappa shape index (κ3) is 1.81. The van der Waals surface area contributed by atoms with Crippen molar-refractivity contribution < 1.29 is 9.13 Å². The lowest BCUT2D eigenvalue weighted by Gasteiger charge is -2.06. The Hall–Kier alpha value is -1.13. The highest BCUT2D eigenvalue weighted by Gasteiger charge is 2.26. The topological polar surface area (TPSA) is 37.9 Å². The first kappa shape index (κ1) is 11.0. The highest BCUT2D eigenvalue weighted by atomic mass is 35.5. The van der Waals surface area contributed by atoms with Crippen LogP contribution in [0, 0.1) is 5.82 Å². The highest BCUT2D eigenvalue weighted by Crippen LogP contribution is 2.32. The monoisotopic (exact) mass is 254 g/mol. The number of benzene rings is 1. The van der Waals surface area contributed by atoms with Crippen LogP contribution in [0.2, 0.25) is 5.02 Å². The van der Waals surface area contributed by atoms with Gasteiger partial charge in [0.25, 0.3) is 0 Å². The molecule has 1 aromatic heterocycles. The maximum Gasteiger partial charge on any atom is 0.169 e. The van der Waals surface area contributed by atoms with Gasteiger partial charge in [-0.15, -0.1) is 0 Å². The zero-order valence-corrected chi connectivity index (χ0v) is 10.1. The van der Waals surface area contributed by atoms with Crippen LogP contribution in [0.5, 0.6) is 0 Å². The van der Waals surface area contributed by atoms with Gasteiger partial charge in [-0.05, 0) is 31.9 Å². The number of rotatable bonds is 1. The summed E-state index contributed by atoms with van der Waals surface area (Å²) in [6, 6.07) is 3.26. The molecule has 2 aromatic rings. The molecular weight excluding hydrogens is 243 g/mol. The van der Waals surface area contributed by atoms with Crippen molar-refractivity contribution in [1.29, 1.82) is 0 Å². The Kier molecular flexibility index (Phi) is 2.56. The van der Waals surface area contributed by atoms with E-state index in [1.165, 1.54) is 6.07 Å². The fourth-order valence-electron chi connectivity index (χ4n) is 2.19. The molecule has 3 nitrogen and oxygen atoms in total. The molecule has 0 amide bonds. The average Bonchev–Trinajstić information content (AvgIpc) is 2.90. The van der Waals surface area contributed by atoms with E-state index in [0.717, 1.165) is 12.8 Å². The first-order valence-corrected chi connectivity index (χ1v) is 6.02. The molecule has 1 fully saturated rings. The number of ether oxygens (including phenoxy) is 1. The van der Waals surface area contributed by atoms with Crippen LogP contribution >= 0.6 is 11.6 Å². The van der Waals surface area contributed by atoms with Gasteiger partial charge >= 0.3 is 0 Å². The fraction of sp³-hybridized carbons (Fsp3) is 0.417. The van der Waals surface area contributed by atoms with Crippen LogP contribution < -0.4 is 0 Å². The summed E-state index contributed by atoms with van der Waals surface area (Å²) >= 11 is 5.72. The number of hydrogen-bond donors (Lipinski definition) is 1. The smallest absolute Gasteiger partial charge is 0.169 e. The molecule has 5 heteroatoms. The van der Waals surface area contributed by atoms with Crippen molar-refractivity contribution in [2.75, 3.05) is 0 Å². The summed E-state index contributed by atoms with van der Waals surface area (Å²) in [4.78, 5) is 7.34. The standard InChI is InChI=1S/C12H12ClFN2O/c1-6-2-5-9(17-6)12-15-8-4-3-7(13)10(14)11(8)16-12/h3-4,6,9H,2,5H2,1H3,(H,15,16). The minimum absolute atomic E-state index is 0.0597. The average molecular weight is 255 g/mol. The van der Waals surface area contributed by atoms with E-state index in [0.29, 0.717) is 11.3 Å². The van der Waals surface area contributed by atoms with Gasteiger partial charge in [0.2, 0.25) is 0 Å². The van der Waals surface area contributed by atoms with Crippen molar-refractivity contribution in [3.63, 3.8) is 0 Å². The van der Waals surface area contributed by atoms with Crippen LogP contribution in [0.25, 0.3) is 11.0 Å². The van der Waals surface area contributed by atoms with E-state index < -0.39 is 5.82 Å². The van der Waals surface area contributed by atoms with Gasteiger partial charge in [-0.3, -0.25) is 0 Å². The minimum atomic E-state index is -0.474. The van der Waals surface area contributed by atoms with Gasteiger partial charge in [0.15, 0.2) is 5.82 Å². The summed E-state index contributed by atoms with van der Waals surface area (Å²) in [5, 5.41) is 0.0938.